The van der Waals surface area contributed by atoms with E-state index in [1.54, 1.807) is 0 Å². The van der Waals surface area contributed by atoms with Crippen LogP contribution in [0.15, 0.2) is 0 Å². The molecule has 0 aliphatic heterocycles. The zero-order valence-corrected chi connectivity index (χ0v) is 9.61. The molecule has 1 N–H and O–H groups in total. The monoisotopic (exact) mass is 269 g/mol. The van der Waals surface area contributed by atoms with Gasteiger partial charge in [0.25, 0.3) is 0 Å². The minimum Gasteiger partial charge on any atom is -0.314 e. The third-order valence-corrected chi connectivity index (χ3v) is 3.44. The Kier molecular flexibility index (Phi) is 3.62. The number of rotatable bonds is 6. The molecule has 1 aromatic rings. The molecule has 2 rings (SSSR count). The highest BCUT2D eigenvalue weighted by molar-refractivity contribution is 7.11. The zero-order valence-electron chi connectivity index (χ0n) is 8.80. The predicted molar refractivity (Wildman–Crippen MR) is 54.5 cm³/mol. The Morgan fingerprint density at radius 1 is 1.35 bits per heavy atom. The van der Waals surface area contributed by atoms with Crippen molar-refractivity contribution in [3.63, 3.8) is 0 Å². The van der Waals surface area contributed by atoms with Gasteiger partial charge in [0.15, 0.2) is 5.01 Å². The van der Waals surface area contributed by atoms with Crippen LogP contribution in [0.4, 0.5) is 17.6 Å². The number of hydrogen-bond acceptors (Lipinski definition) is 4. The topological polar surface area (TPSA) is 37.8 Å². The van der Waals surface area contributed by atoms with E-state index in [9.17, 15) is 17.6 Å². The van der Waals surface area contributed by atoms with E-state index in [-0.39, 0.29) is 0 Å². The third kappa shape index (κ3) is 3.12. The molecule has 1 heterocycles. The van der Waals surface area contributed by atoms with Crippen molar-refractivity contribution in [3.05, 3.63) is 10.0 Å². The molecule has 1 aromatic heterocycles. The van der Waals surface area contributed by atoms with Gasteiger partial charge in [0.05, 0.1) is 0 Å². The number of alkyl halides is 4. The average molecular weight is 269 g/mol. The number of aromatic nitrogens is 2. The second kappa shape index (κ2) is 4.85. The van der Waals surface area contributed by atoms with Gasteiger partial charge in [0.1, 0.15) is 5.01 Å². The van der Waals surface area contributed by atoms with Gasteiger partial charge in [-0.05, 0) is 12.8 Å². The Bertz CT molecular complexity index is 378. The molecule has 1 fully saturated rings. The van der Waals surface area contributed by atoms with E-state index in [0.29, 0.717) is 35.4 Å². The van der Waals surface area contributed by atoms with Crippen molar-refractivity contribution in [2.75, 3.05) is 6.54 Å². The van der Waals surface area contributed by atoms with Crippen LogP contribution in [0.1, 0.15) is 22.9 Å². The lowest BCUT2D eigenvalue weighted by molar-refractivity contribution is -0.135. The summed E-state index contributed by atoms with van der Waals surface area (Å²) in [6, 6.07) is 0.518. The fourth-order valence-electron chi connectivity index (χ4n) is 1.25. The fourth-order valence-corrected chi connectivity index (χ4v) is 2.07. The van der Waals surface area contributed by atoms with E-state index >= 15 is 0 Å². The first-order chi connectivity index (χ1) is 8.00. The van der Waals surface area contributed by atoms with E-state index in [2.05, 4.69) is 15.5 Å². The molecular weight excluding hydrogens is 258 g/mol. The molecule has 1 aliphatic carbocycles. The first-order valence-corrected chi connectivity index (χ1v) is 6.04. The molecule has 1 saturated carbocycles. The standard InChI is InChI=1S/C9H11F4N3S/c10-7(11)9(12,13)8-16-15-6(17-8)3-4-14-5-1-2-5/h5,7,14H,1-4H2. The second-order valence-electron chi connectivity index (χ2n) is 3.90. The molecule has 0 radical (unpaired) electrons. The van der Waals surface area contributed by atoms with E-state index < -0.39 is 17.4 Å². The van der Waals surface area contributed by atoms with Crippen LogP contribution < -0.4 is 5.32 Å². The summed E-state index contributed by atoms with van der Waals surface area (Å²) in [5.41, 5.74) is 0. The maximum atomic E-state index is 12.9. The quantitative estimate of drug-likeness (QED) is 0.804. The lowest BCUT2D eigenvalue weighted by atomic mass is 10.4. The van der Waals surface area contributed by atoms with Crippen molar-refractivity contribution >= 4 is 11.3 Å². The Balaban J connectivity index is 1.90. The first kappa shape index (κ1) is 12.7. The van der Waals surface area contributed by atoms with Crippen LogP contribution in [0.25, 0.3) is 0 Å². The number of nitrogens with one attached hydrogen (secondary N) is 1. The smallest absolute Gasteiger partial charge is 0.314 e. The Labute approximate surface area is 99.2 Å². The lowest BCUT2D eigenvalue weighted by Gasteiger charge is -2.10. The van der Waals surface area contributed by atoms with Gasteiger partial charge in [0.2, 0.25) is 0 Å². The molecule has 1 aliphatic rings. The van der Waals surface area contributed by atoms with Gasteiger partial charge in [0, 0.05) is 19.0 Å². The van der Waals surface area contributed by atoms with Crippen LogP contribution in [0.2, 0.25) is 0 Å². The van der Waals surface area contributed by atoms with Gasteiger partial charge < -0.3 is 5.32 Å². The molecule has 0 amide bonds. The van der Waals surface area contributed by atoms with Gasteiger partial charge in [-0.3, -0.25) is 0 Å². The summed E-state index contributed by atoms with van der Waals surface area (Å²) >= 11 is 0.548. The zero-order chi connectivity index (χ0) is 12.5. The predicted octanol–water partition coefficient (Wildman–Crippen LogP) is 2.19. The summed E-state index contributed by atoms with van der Waals surface area (Å²) < 4.78 is 49.9. The molecule has 0 saturated heterocycles. The molecular formula is C9H11F4N3S. The van der Waals surface area contributed by atoms with Crippen molar-refractivity contribution in [2.24, 2.45) is 0 Å². The summed E-state index contributed by atoms with van der Waals surface area (Å²) in [5.74, 6) is -4.19. The summed E-state index contributed by atoms with van der Waals surface area (Å²) in [4.78, 5) is 0. The molecule has 0 bridgehead atoms. The van der Waals surface area contributed by atoms with Crippen LogP contribution >= 0.6 is 11.3 Å². The molecule has 8 heteroatoms. The van der Waals surface area contributed by atoms with Gasteiger partial charge in [-0.2, -0.15) is 8.78 Å². The maximum absolute atomic E-state index is 12.9. The molecule has 0 spiro atoms. The Morgan fingerprint density at radius 2 is 2.06 bits per heavy atom. The highest BCUT2D eigenvalue weighted by Gasteiger charge is 2.46. The van der Waals surface area contributed by atoms with Gasteiger partial charge in [-0.1, -0.05) is 11.3 Å². The Hall–Kier alpha value is -0.760. The maximum Gasteiger partial charge on any atom is 0.359 e. The van der Waals surface area contributed by atoms with Crippen molar-refractivity contribution in [1.29, 1.82) is 0 Å². The Morgan fingerprint density at radius 3 is 2.65 bits per heavy atom. The van der Waals surface area contributed by atoms with Crippen LogP contribution in [0, 0.1) is 0 Å². The van der Waals surface area contributed by atoms with Gasteiger partial charge in [-0.25, -0.2) is 8.78 Å². The van der Waals surface area contributed by atoms with Crippen LogP contribution in [0.3, 0.4) is 0 Å². The SMILES string of the molecule is FC(F)C(F)(F)c1nnc(CCNC2CC2)s1. The largest absolute Gasteiger partial charge is 0.359 e. The van der Waals surface area contributed by atoms with Crippen molar-refractivity contribution in [2.45, 2.75) is 37.7 Å². The van der Waals surface area contributed by atoms with Gasteiger partial charge >= 0.3 is 12.3 Å². The van der Waals surface area contributed by atoms with Crippen molar-refractivity contribution in [1.82, 2.24) is 15.5 Å². The van der Waals surface area contributed by atoms with Gasteiger partial charge in [-0.15, -0.1) is 10.2 Å². The lowest BCUT2D eigenvalue weighted by Crippen LogP contribution is -2.23. The van der Waals surface area contributed by atoms with E-state index in [4.69, 9.17) is 0 Å². The van der Waals surface area contributed by atoms with E-state index in [1.807, 2.05) is 0 Å². The van der Waals surface area contributed by atoms with Crippen molar-refractivity contribution in [3.8, 4) is 0 Å². The molecule has 3 nitrogen and oxygen atoms in total. The molecule has 0 aromatic carbocycles. The molecule has 17 heavy (non-hydrogen) atoms. The number of hydrogen-bond donors (Lipinski definition) is 1. The second-order valence-corrected chi connectivity index (χ2v) is 4.97. The normalized spacial score (nSPS) is 16.8. The van der Waals surface area contributed by atoms with Crippen LogP contribution in [-0.4, -0.2) is 29.2 Å². The van der Waals surface area contributed by atoms with E-state index in [1.165, 1.54) is 0 Å². The fraction of sp³-hybridized carbons (Fsp3) is 0.778. The molecule has 0 unspecified atom stereocenters. The summed E-state index contributed by atoms with van der Waals surface area (Å²) in [5, 5.41) is 9.26. The summed E-state index contributed by atoms with van der Waals surface area (Å²) in [7, 11) is 0. The third-order valence-electron chi connectivity index (χ3n) is 2.38. The first-order valence-electron chi connectivity index (χ1n) is 5.22. The van der Waals surface area contributed by atoms with E-state index in [0.717, 1.165) is 12.8 Å². The minimum absolute atomic E-state index is 0.355. The average Bonchev–Trinajstić information content (AvgIpc) is 2.94. The molecule has 96 valence electrons. The summed E-state index contributed by atoms with van der Waals surface area (Å²) in [6.07, 6.45) is -1.05. The summed E-state index contributed by atoms with van der Waals surface area (Å²) in [6.45, 7) is 0.611. The number of nitrogens with zero attached hydrogens (tertiary/aromatic N) is 2. The highest BCUT2D eigenvalue weighted by Crippen LogP contribution is 2.36. The van der Waals surface area contributed by atoms with Crippen molar-refractivity contribution < 1.29 is 17.6 Å². The van der Waals surface area contributed by atoms with Crippen LogP contribution in [0.5, 0.6) is 0 Å². The number of halogens is 4. The van der Waals surface area contributed by atoms with Crippen LogP contribution in [-0.2, 0) is 12.3 Å². The highest BCUT2D eigenvalue weighted by atomic mass is 32.1. The minimum atomic E-state index is -4.19. The molecule has 0 atom stereocenters.